The molecule has 10 heteroatoms. The standard InChI is InChI=1S/C21H23Cl2N3O5/c1-4-26-12(2)7-16(13(26)3)18(27)11-31-20(29)10-24-19(28)9-25-21(30)15-6-5-14(22)8-17(15)23/h5-8H,4,9-11H2,1-3H3,(H,24,28)(H,25,30). The molecule has 166 valence electrons. The quantitative estimate of drug-likeness (QED) is 0.435. The molecule has 1 heterocycles. The van der Waals surface area contributed by atoms with Gasteiger partial charge in [0.2, 0.25) is 11.7 Å². The average molecular weight is 468 g/mol. The monoisotopic (exact) mass is 467 g/mol. The van der Waals surface area contributed by atoms with Crippen LogP contribution in [0.15, 0.2) is 24.3 Å². The van der Waals surface area contributed by atoms with Crippen molar-refractivity contribution in [3.63, 3.8) is 0 Å². The number of carbonyl (C=O) groups is 4. The molecule has 2 rings (SSSR count). The zero-order valence-corrected chi connectivity index (χ0v) is 18.9. The molecule has 0 radical (unpaired) electrons. The van der Waals surface area contributed by atoms with E-state index in [-0.39, 0.29) is 22.9 Å². The maximum Gasteiger partial charge on any atom is 0.325 e. The molecule has 0 aliphatic carbocycles. The van der Waals surface area contributed by atoms with Crippen LogP contribution in [0, 0.1) is 13.8 Å². The van der Waals surface area contributed by atoms with Crippen LogP contribution in [0.5, 0.6) is 0 Å². The first-order chi connectivity index (χ1) is 14.6. The Morgan fingerprint density at radius 1 is 1.00 bits per heavy atom. The Morgan fingerprint density at radius 2 is 1.71 bits per heavy atom. The average Bonchev–Trinajstić information content (AvgIpc) is 3.01. The molecule has 2 N–H and O–H groups in total. The van der Waals surface area contributed by atoms with Crippen molar-refractivity contribution in [1.29, 1.82) is 0 Å². The van der Waals surface area contributed by atoms with Crippen LogP contribution in [-0.2, 0) is 20.9 Å². The van der Waals surface area contributed by atoms with E-state index in [1.165, 1.54) is 18.2 Å². The molecule has 0 aliphatic heterocycles. The molecule has 2 aromatic rings. The number of amides is 2. The van der Waals surface area contributed by atoms with Crippen LogP contribution >= 0.6 is 23.2 Å². The fraction of sp³-hybridized carbons (Fsp3) is 0.333. The fourth-order valence-corrected chi connectivity index (χ4v) is 3.50. The smallest absolute Gasteiger partial charge is 0.325 e. The van der Waals surface area contributed by atoms with Crippen molar-refractivity contribution in [2.75, 3.05) is 19.7 Å². The third kappa shape index (κ3) is 6.57. The summed E-state index contributed by atoms with van der Waals surface area (Å²) in [6.45, 7) is 5.21. The van der Waals surface area contributed by atoms with Gasteiger partial charge in [0, 0.05) is 28.5 Å². The Kier molecular flexibility index (Phi) is 8.65. The number of benzene rings is 1. The molecule has 1 aromatic heterocycles. The number of aryl methyl sites for hydroxylation is 1. The van der Waals surface area contributed by atoms with Crippen molar-refractivity contribution in [2.45, 2.75) is 27.3 Å². The summed E-state index contributed by atoms with van der Waals surface area (Å²) in [5, 5.41) is 5.23. The van der Waals surface area contributed by atoms with Gasteiger partial charge in [-0.3, -0.25) is 19.2 Å². The second kappa shape index (κ2) is 11.0. The molecule has 0 bridgehead atoms. The van der Waals surface area contributed by atoms with E-state index in [2.05, 4.69) is 10.6 Å². The Balaban J connectivity index is 1.75. The van der Waals surface area contributed by atoms with Gasteiger partial charge in [-0.05, 0) is 45.0 Å². The van der Waals surface area contributed by atoms with Crippen molar-refractivity contribution in [2.24, 2.45) is 0 Å². The zero-order chi connectivity index (χ0) is 23.1. The summed E-state index contributed by atoms with van der Waals surface area (Å²) in [7, 11) is 0. The predicted octanol–water partition coefficient (Wildman–Crippen LogP) is 2.70. The summed E-state index contributed by atoms with van der Waals surface area (Å²) in [6, 6.07) is 6.10. The Bertz CT molecular complexity index is 1020. The first kappa shape index (κ1) is 24.4. The van der Waals surface area contributed by atoms with E-state index < -0.39 is 30.9 Å². The number of nitrogens with one attached hydrogen (secondary N) is 2. The minimum absolute atomic E-state index is 0.151. The van der Waals surface area contributed by atoms with Gasteiger partial charge in [0.15, 0.2) is 6.61 Å². The normalized spacial score (nSPS) is 10.5. The highest BCUT2D eigenvalue weighted by Crippen LogP contribution is 2.20. The lowest BCUT2D eigenvalue weighted by atomic mass is 10.1. The van der Waals surface area contributed by atoms with E-state index in [9.17, 15) is 19.2 Å². The number of nitrogens with zero attached hydrogens (tertiary/aromatic N) is 1. The number of Topliss-reactive ketones (excluding diaryl/α,β-unsaturated/α-hetero) is 1. The highest BCUT2D eigenvalue weighted by molar-refractivity contribution is 6.36. The summed E-state index contributed by atoms with van der Waals surface area (Å²) < 4.78 is 6.93. The van der Waals surface area contributed by atoms with Gasteiger partial charge in [-0.2, -0.15) is 0 Å². The van der Waals surface area contributed by atoms with Gasteiger partial charge in [-0.1, -0.05) is 23.2 Å². The van der Waals surface area contributed by atoms with Gasteiger partial charge in [-0.25, -0.2) is 0 Å². The number of carbonyl (C=O) groups excluding carboxylic acids is 4. The van der Waals surface area contributed by atoms with Crippen LogP contribution in [0.3, 0.4) is 0 Å². The summed E-state index contributed by atoms with van der Waals surface area (Å²) in [4.78, 5) is 48.0. The maximum absolute atomic E-state index is 12.3. The Hall–Kier alpha value is -2.84. The highest BCUT2D eigenvalue weighted by Gasteiger charge is 2.17. The molecular weight excluding hydrogens is 445 g/mol. The van der Waals surface area contributed by atoms with Gasteiger partial charge in [-0.15, -0.1) is 0 Å². The lowest BCUT2D eigenvalue weighted by molar-refractivity contribution is -0.142. The molecular formula is C21H23Cl2N3O5. The molecule has 8 nitrogen and oxygen atoms in total. The van der Waals surface area contributed by atoms with Gasteiger partial charge < -0.3 is 19.9 Å². The minimum atomic E-state index is -0.766. The molecule has 0 unspecified atom stereocenters. The predicted molar refractivity (Wildman–Crippen MR) is 117 cm³/mol. The fourth-order valence-electron chi connectivity index (χ4n) is 3.01. The van der Waals surface area contributed by atoms with Crippen molar-refractivity contribution in [3.8, 4) is 0 Å². The van der Waals surface area contributed by atoms with Crippen LogP contribution in [0.4, 0.5) is 0 Å². The van der Waals surface area contributed by atoms with Crippen molar-refractivity contribution < 1.29 is 23.9 Å². The van der Waals surface area contributed by atoms with E-state index in [0.717, 1.165) is 17.9 Å². The summed E-state index contributed by atoms with van der Waals surface area (Å²) >= 11 is 11.7. The number of hydrogen-bond donors (Lipinski definition) is 2. The van der Waals surface area contributed by atoms with Crippen molar-refractivity contribution >= 4 is 46.8 Å². The lowest BCUT2D eigenvalue weighted by Gasteiger charge is -2.09. The zero-order valence-electron chi connectivity index (χ0n) is 17.4. The van der Waals surface area contributed by atoms with E-state index in [1.54, 1.807) is 6.07 Å². The first-order valence-electron chi connectivity index (χ1n) is 9.49. The van der Waals surface area contributed by atoms with Crippen LogP contribution in [-0.4, -0.2) is 47.8 Å². The topological polar surface area (TPSA) is 106 Å². The summed E-state index contributed by atoms with van der Waals surface area (Å²) in [6.07, 6.45) is 0. The Morgan fingerprint density at radius 3 is 2.32 bits per heavy atom. The largest absolute Gasteiger partial charge is 0.456 e. The molecule has 31 heavy (non-hydrogen) atoms. The minimum Gasteiger partial charge on any atom is -0.456 e. The molecule has 0 spiro atoms. The molecule has 0 aliphatic rings. The third-order valence-corrected chi connectivity index (χ3v) is 5.12. The van der Waals surface area contributed by atoms with Crippen LogP contribution in [0.25, 0.3) is 0 Å². The molecule has 0 saturated heterocycles. The van der Waals surface area contributed by atoms with Crippen molar-refractivity contribution in [3.05, 3.63) is 56.8 Å². The first-order valence-corrected chi connectivity index (χ1v) is 10.2. The maximum atomic E-state index is 12.3. The molecule has 0 fully saturated rings. The van der Waals surface area contributed by atoms with Crippen LogP contribution < -0.4 is 10.6 Å². The van der Waals surface area contributed by atoms with Gasteiger partial charge in [0.25, 0.3) is 5.91 Å². The SMILES string of the molecule is CCn1c(C)cc(C(=O)COC(=O)CNC(=O)CNC(=O)c2ccc(Cl)cc2Cl)c1C. The second-order valence-electron chi connectivity index (χ2n) is 6.70. The Labute approximate surface area is 189 Å². The number of aromatic nitrogens is 1. The third-order valence-electron chi connectivity index (χ3n) is 4.57. The van der Waals surface area contributed by atoms with E-state index in [1.807, 2.05) is 25.3 Å². The van der Waals surface area contributed by atoms with E-state index in [0.29, 0.717) is 10.6 Å². The number of hydrogen-bond acceptors (Lipinski definition) is 5. The number of rotatable bonds is 9. The van der Waals surface area contributed by atoms with Crippen molar-refractivity contribution in [1.82, 2.24) is 15.2 Å². The highest BCUT2D eigenvalue weighted by atomic mass is 35.5. The van der Waals surface area contributed by atoms with Crippen LogP contribution in [0.2, 0.25) is 10.0 Å². The molecule has 1 aromatic carbocycles. The second-order valence-corrected chi connectivity index (χ2v) is 7.54. The molecule has 0 saturated carbocycles. The lowest BCUT2D eigenvalue weighted by Crippen LogP contribution is -2.39. The summed E-state index contributed by atoms with van der Waals surface area (Å²) in [5.41, 5.74) is 2.42. The van der Waals surface area contributed by atoms with Gasteiger partial charge >= 0.3 is 5.97 Å². The van der Waals surface area contributed by atoms with E-state index in [4.69, 9.17) is 27.9 Å². The molecule has 0 atom stereocenters. The number of esters is 1. The van der Waals surface area contributed by atoms with Crippen LogP contribution in [0.1, 0.15) is 39.0 Å². The number of halogens is 2. The van der Waals surface area contributed by atoms with Gasteiger partial charge in [0.1, 0.15) is 6.54 Å². The van der Waals surface area contributed by atoms with Gasteiger partial charge in [0.05, 0.1) is 17.1 Å². The summed E-state index contributed by atoms with van der Waals surface area (Å²) in [5.74, 6) is -2.25. The van der Waals surface area contributed by atoms with E-state index >= 15 is 0 Å². The number of ketones is 1. The molecule has 2 amide bonds. The number of ether oxygens (including phenoxy) is 1.